The Morgan fingerprint density at radius 1 is 1.46 bits per heavy atom. The molecular formula is C12H16S. The van der Waals surface area contributed by atoms with E-state index in [1.807, 2.05) is 11.3 Å². The van der Waals surface area contributed by atoms with Crippen LogP contribution in [0.1, 0.15) is 31.2 Å². The molecule has 0 aromatic carbocycles. The second-order valence-corrected chi connectivity index (χ2v) is 5.20. The molecule has 0 N–H and O–H groups in total. The standard InChI is InChI=1S/C12H16S/c1-8(2)11-7-10-4-5-13-12(10)6-9(11)3/h4-5,7-9H,6H2,1-3H3. The molecule has 2 rings (SSSR count). The van der Waals surface area contributed by atoms with E-state index in [0.717, 1.165) is 5.92 Å². The fourth-order valence-electron chi connectivity index (χ4n) is 2.10. The van der Waals surface area contributed by atoms with Crippen LogP contribution in [-0.2, 0) is 6.42 Å². The minimum Gasteiger partial charge on any atom is -0.148 e. The molecule has 1 unspecified atom stereocenters. The average molecular weight is 192 g/mol. The molecule has 0 radical (unpaired) electrons. The normalized spacial score (nSPS) is 21.5. The maximum Gasteiger partial charge on any atom is 0.0123 e. The zero-order chi connectivity index (χ0) is 9.42. The number of rotatable bonds is 1. The van der Waals surface area contributed by atoms with Crippen LogP contribution in [0.2, 0.25) is 0 Å². The summed E-state index contributed by atoms with van der Waals surface area (Å²) in [5.41, 5.74) is 3.08. The summed E-state index contributed by atoms with van der Waals surface area (Å²) in [6.07, 6.45) is 3.64. The van der Waals surface area contributed by atoms with Gasteiger partial charge in [-0.1, -0.05) is 32.4 Å². The Morgan fingerprint density at radius 2 is 2.23 bits per heavy atom. The molecule has 1 aromatic rings. The highest BCUT2D eigenvalue weighted by molar-refractivity contribution is 7.10. The zero-order valence-corrected chi connectivity index (χ0v) is 9.32. The molecule has 1 aliphatic rings. The van der Waals surface area contributed by atoms with Gasteiger partial charge in [-0.15, -0.1) is 11.3 Å². The number of fused-ring (bicyclic) bond motifs is 1. The van der Waals surface area contributed by atoms with Gasteiger partial charge in [0, 0.05) is 4.88 Å². The lowest BCUT2D eigenvalue weighted by molar-refractivity contribution is 0.583. The van der Waals surface area contributed by atoms with Crippen molar-refractivity contribution in [2.75, 3.05) is 0 Å². The van der Waals surface area contributed by atoms with Crippen molar-refractivity contribution in [1.29, 1.82) is 0 Å². The Hall–Kier alpha value is -0.560. The van der Waals surface area contributed by atoms with Gasteiger partial charge in [-0.25, -0.2) is 0 Å². The summed E-state index contributed by atoms with van der Waals surface area (Å²) in [4.78, 5) is 1.57. The monoisotopic (exact) mass is 192 g/mol. The van der Waals surface area contributed by atoms with Crippen molar-refractivity contribution in [3.63, 3.8) is 0 Å². The summed E-state index contributed by atoms with van der Waals surface area (Å²) in [6, 6.07) is 2.24. The minimum atomic E-state index is 0.697. The van der Waals surface area contributed by atoms with Gasteiger partial charge in [-0.05, 0) is 35.3 Å². The van der Waals surface area contributed by atoms with Gasteiger partial charge in [-0.2, -0.15) is 0 Å². The number of allylic oxidation sites excluding steroid dienone is 1. The van der Waals surface area contributed by atoms with Crippen LogP contribution in [0.3, 0.4) is 0 Å². The molecule has 0 aliphatic heterocycles. The van der Waals surface area contributed by atoms with E-state index in [1.54, 1.807) is 10.5 Å². The second kappa shape index (κ2) is 3.30. The fourth-order valence-corrected chi connectivity index (χ4v) is 3.09. The summed E-state index contributed by atoms with van der Waals surface area (Å²) in [5, 5.41) is 2.21. The highest BCUT2D eigenvalue weighted by atomic mass is 32.1. The Morgan fingerprint density at radius 3 is 2.92 bits per heavy atom. The summed E-state index contributed by atoms with van der Waals surface area (Å²) in [6.45, 7) is 6.92. The first-order chi connectivity index (χ1) is 6.18. The van der Waals surface area contributed by atoms with Crippen LogP contribution >= 0.6 is 11.3 Å². The maximum atomic E-state index is 2.39. The molecule has 0 saturated carbocycles. The fraction of sp³-hybridized carbons (Fsp3) is 0.500. The minimum absolute atomic E-state index is 0.697. The molecule has 0 bridgehead atoms. The summed E-state index contributed by atoms with van der Waals surface area (Å²) >= 11 is 1.90. The van der Waals surface area contributed by atoms with Crippen LogP contribution in [-0.4, -0.2) is 0 Å². The summed E-state index contributed by atoms with van der Waals surface area (Å²) < 4.78 is 0. The van der Waals surface area contributed by atoms with Crippen LogP contribution in [0, 0.1) is 11.8 Å². The van der Waals surface area contributed by atoms with Gasteiger partial charge in [0.15, 0.2) is 0 Å². The maximum absolute atomic E-state index is 2.39. The van der Waals surface area contributed by atoms with Crippen molar-refractivity contribution in [2.45, 2.75) is 27.2 Å². The smallest absolute Gasteiger partial charge is 0.0123 e. The van der Waals surface area contributed by atoms with E-state index in [4.69, 9.17) is 0 Å². The van der Waals surface area contributed by atoms with Crippen molar-refractivity contribution >= 4 is 17.4 Å². The molecular weight excluding hydrogens is 176 g/mol. The lowest BCUT2D eigenvalue weighted by Crippen LogP contribution is -2.12. The third-order valence-electron chi connectivity index (χ3n) is 2.83. The van der Waals surface area contributed by atoms with E-state index in [2.05, 4.69) is 38.3 Å². The Labute approximate surface area is 84.3 Å². The molecule has 1 atom stereocenters. The van der Waals surface area contributed by atoms with Crippen molar-refractivity contribution in [1.82, 2.24) is 0 Å². The third kappa shape index (κ3) is 1.58. The molecule has 1 aliphatic carbocycles. The van der Waals surface area contributed by atoms with Crippen LogP contribution in [0.5, 0.6) is 0 Å². The van der Waals surface area contributed by atoms with Crippen molar-refractivity contribution < 1.29 is 0 Å². The van der Waals surface area contributed by atoms with Crippen molar-refractivity contribution in [2.24, 2.45) is 11.8 Å². The van der Waals surface area contributed by atoms with Gasteiger partial charge in [0.05, 0.1) is 0 Å². The molecule has 1 heterocycles. The van der Waals surface area contributed by atoms with E-state index < -0.39 is 0 Å². The number of thiophene rings is 1. The van der Waals surface area contributed by atoms with E-state index in [-0.39, 0.29) is 0 Å². The molecule has 0 saturated heterocycles. The molecule has 13 heavy (non-hydrogen) atoms. The van der Waals surface area contributed by atoms with Crippen LogP contribution < -0.4 is 0 Å². The van der Waals surface area contributed by atoms with Crippen LogP contribution in [0.4, 0.5) is 0 Å². The number of hydrogen-bond acceptors (Lipinski definition) is 1. The SMILES string of the molecule is CC(C)C1=Cc2ccsc2CC1C. The second-order valence-electron chi connectivity index (χ2n) is 4.20. The predicted octanol–water partition coefficient (Wildman–Crippen LogP) is 3.98. The molecule has 1 aromatic heterocycles. The van der Waals surface area contributed by atoms with Crippen LogP contribution in [0.25, 0.3) is 6.08 Å². The van der Waals surface area contributed by atoms with Crippen LogP contribution in [0.15, 0.2) is 17.0 Å². The highest BCUT2D eigenvalue weighted by Gasteiger charge is 2.19. The topological polar surface area (TPSA) is 0 Å². The molecule has 70 valence electrons. The van der Waals surface area contributed by atoms with E-state index in [9.17, 15) is 0 Å². The summed E-state index contributed by atoms with van der Waals surface area (Å²) in [7, 11) is 0. The van der Waals surface area contributed by atoms with E-state index in [1.165, 1.54) is 12.0 Å². The van der Waals surface area contributed by atoms with Gasteiger partial charge in [0.1, 0.15) is 0 Å². The Kier molecular flexibility index (Phi) is 2.29. The first kappa shape index (κ1) is 9.01. The predicted molar refractivity (Wildman–Crippen MR) is 60.0 cm³/mol. The summed E-state index contributed by atoms with van der Waals surface area (Å²) in [5.74, 6) is 1.44. The van der Waals surface area contributed by atoms with Gasteiger partial charge >= 0.3 is 0 Å². The highest BCUT2D eigenvalue weighted by Crippen LogP contribution is 2.34. The quantitative estimate of drug-likeness (QED) is 0.631. The van der Waals surface area contributed by atoms with E-state index >= 15 is 0 Å². The van der Waals surface area contributed by atoms with Gasteiger partial charge in [-0.3, -0.25) is 0 Å². The Bertz CT molecular complexity index is 331. The molecule has 0 spiro atoms. The van der Waals surface area contributed by atoms with Gasteiger partial charge in [0.25, 0.3) is 0 Å². The molecule has 0 amide bonds. The molecule has 1 heteroatoms. The molecule has 0 nitrogen and oxygen atoms in total. The third-order valence-corrected chi connectivity index (χ3v) is 3.79. The lowest BCUT2D eigenvalue weighted by Gasteiger charge is -2.23. The van der Waals surface area contributed by atoms with Gasteiger partial charge in [0.2, 0.25) is 0 Å². The zero-order valence-electron chi connectivity index (χ0n) is 8.50. The van der Waals surface area contributed by atoms with E-state index in [0.29, 0.717) is 5.92 Å². The van der Waals surface area contributed by atoms with Crippen molar-refractivity contribution in [3.8, 4) is 0 Å². The van der Waals surface area contributed by atoms with Crippen molar-refractivity contribution in [3.05, 3.63) is 27.5 Å². The first-order valence-electron chi connectivity index (χ1n) is 4.96. The average Bonchev–Trinajstić information content (AvgIpc) is 2.48. The Balaban J connectivity index is 2.40. The van der Waals surface area contributed by atoms with Gasteiger partial charge < -0.3 is 0 Å². The largest absolute Gasteiger partial charge is 0.148 e. The number of hydrogen-bond donors (Lipinski definition) is 0. The first-order valence-corrected chi connectivity index (χ1v) is 5.84. The lowest BCUT2D eigenvalue weighted by atomic mass is 9.83. The molecule has 0 fully saturated rings.